The van der Waals surface area contributed by atoms with Crippen molar-refractivity contribution in [3.63, 3.8) is 0 Å². The van der Waals surface area contributed by atoms with E-state index in [1.54, 1.807) is 0 Å². The molecule has 1 aromatic rings. The van der Waals surface area contributed by atoms with E-state index in [1.807, 2.05) is 7.05 Å². The summed E-state index contributed by atoms with van der Waals surface area (Å²) in [6.45, 7) is 15.5. The van der Waals surface area contributed by atoms with Gasteiger partial charge in [-0.05, 0) is 36.5 Å². The summed E-state index contributed by atoms with van der Waals surface area (Å²) in [6.07, 6.45) is 1.93. The van der Waals surface area contributed by atoms with Crippen LogP contribution in [-0.2, 0) is 6.54 Å². The van der Waals surface area contributed by atoms with Gasteiger partial charge in [-0.25, -0.2) is 0 Å². The van der Waals surface area contributed by atoms with Gasteiger partial charge in [0.2, 0.25) is 0 Å². The van der Waals surface area contributed by atoms with Crippen LogP contribution in [-0.4, -0.2) is 7.05 Å². The number of benzene rings is 1. The fourth-order valence-corrected chi connectivity index (χ4v) is 2.35. The lowest BCUT2D eigenvalue weighted by atomic mass is 9.99. The smallest absolute Gasteiger partial charge is 0.0400 e. The van der Waals surface area contributed by atoms with E-state index in [0.717, 1.165) is 30.7 Å². The van der Waals surface area contributed by atoms with E-state index < -0.39 is 0 Å². The molecule has 2 nitrogen and oxygen atoms in total. The minimum atomic E-state index is 0.774. The summed E-state index contributed by atoms with van der Waals surface area (Å²) in [5.74, 6) is 0. The third kappa shape index (κ3) is 4.82. The number of hydrogen-bond donors (Lipinski definition) is 2. The standard InChI is InChI=1S/C19H28N2/c1-7-18(19(8-2)20-6)15(4)16(5)21-13-17-11-9-14(3)10-12-17/h9-12,20-21H,4-5,7-8,13H2,1-3,6H3/b19-18-. The minimum absolute atomic E-state index is 0.774. The maximum absolute atomic E-state index is 4.21. The molecule has 2 N–H and O–H groups in total. The molecule has 0 amide bonds. The molecule has 0 unspecified atom stereocenters. The Bertz CT molecular complexity index is 515. The van der Waals surface area contributed by atoms with Crippen LogP contribution in [0, 0.1) is 6.92 Å². The maximum Gasteiger partial charge on any atom is 0.0400 e. The highest BCUT2D eigenvalue weighted by atomic mass is 14.9. The van der Waals surface area contributed by atoms with Crippen LogP contribution in [0.2, 0.25) is 0 Å². The molecule has 0 radical (unpaired) electrons. The molecule has 0 aliphatic rings. The van der Waals surface area contributed by atoms with Gasteiger partial charge in [0.25, 0.3) is 0 Å². The molecule has 0 heterocycles. The van der Waals surface area contributed by atoms with Crippen LogP contribution in [0.15, 0.2) is 60.0 Å². The Morgan fingerprint density at radius 3 is 2.14 bits per heavy atom. The molecule has 0 atom stereocenters. The summed E-state index contributed by atoms with van der Waals surface area (Å²) in [5.41, 5.74) is 6.91. The lowest BCUT2D eigenvalue weighted by Crippen LogP contribution is -2.16. The van der Waals surface area contributed by atoms with Crippen LogP contribution < -0.4 is 10.6 Å². The van der Waals surface area contributed by atoms with Crippen LogP contribution in [0.5, 0.6) is 0 Å². The minimum Gasteiger partial charge on any atom is -0.391 e. The van der Waals surface area contributed by atoms with Gasteiger partial charge in [-0.1, -0.05) is 56.8 Å². The van der Waals surface area contributed by atoms with Crippen molar-refractivity contribution in [3.05, 3.63) is 71.1 Å². The quantitative estimate of drug-likeness (QED) is 0.689. The largest absolute Gasteiger partial charge is 0.391 e. The van der Waals surface area contributed by atoms with E-state index in [0.29, 0.717) is 0 Å². The number of rotatable bonds is 8. The first-order valence-electron chi connectivity index (χ1n) is 7.61. The number of allylic oxidation sites excluding steroid dienone is 2. The van der Waals surface area contributed by atoms with Crippen molar-refractivity contribution >= 4 is 0 Å². The monoisotopic (exact) mass is 284 g/mol. The first kappa shape index (κ1) is 17.1. The van der Waals surface area contributed by atoms with Crippen molar-refractivity contribution in [1.29, 1.82) is 0 Å². The molecule has 0 saturated heterocycles. The van der Waals surface area contributed by atoms with Crippen LogP contribution in [0.1, 0.15) is 37.8 Å². The molecule has 0 saturated carbocycles. The number of aryl methyl sites for hydroxylation is 1. The van der Waals surface area contributed by atoms with Gasteiger partial charge in [0.1, 0.15) is 0 Å². The zero-order valence-corrected chi connectivity index (χ0v) is 13.8. The molecule has 0 aliphatic heterocycles. The third-order valence-corrected chi connectivity index (χ3v) is 3.73. The topological polar surface area (TPSA) is 24.1 Å². The molecule has 114 valence electrons. The molecule has 21 heavy (non-hydrogen) atoms. The van der Waals surface area contributed by atoms with Crippen molar-refractivity contribution in [2.24, 2.45) is 0 Å². The van der Waals surface area contributed by atoms with Gasteiger partial charge in [0.15, 0.2) is 0 Å². The first-order valence-corrected chi connectivity index (χ1v) is 7.61. The van der Waals surface area contributed by atoms with Crippen molar-refractivity contribution in [3.8, 4) is 0 Å². The van der Waals surface area contributed by atoms with E-state index in [1.165, 1.54) is 22.4 Å². The highest BCUT2D eigenvalue weighted by molar-refractivity contribution is 5.44. The zero-order chi connectivity index (χ0) is 15.8. The van der Waals surface area contributed by atoms with Crippen molar-refractivity contribution in [1.82, 2.24) is 10.6 Å². The Balaban J connectivity index is 2.72. The van der Waals surface area contributed by atoms with Crippen LogP contribution >= 0.6 is 0 Å². The summed E-state index contributed by atoms with van der Waals surface area (Å²) < 4.78 is 0. The van der Waals surface area contributed by atoms with Crippen molar-refractivity contribution in [2.45, 2.75) is 40.2 Å². The molecule has 0 aliphatic carbocycles. The predicted molar refractivity (Wildman–Crippen MR) is 93.0 cm³/mol. The van der Waals surface area contributed by atoms with Gasteiger partial charge in [-0.2, -0.15) is 0 Å². The summed E-state index contributed by atoms with van der Waals surface area (Å²) in [4.78, 5) is 0. The second-order valence-corrected chi connectivity index (χ2v) is 5.21. The second kappa shape index (κ2) is 8.35. The molecule has 0 fully saturated rings. The fraction of sp³-hybridized carbons (Fsp3) is 0.368. The number of nitrogens with one attached hydrogen (secondary N) is 2. The zero-order valence-electron chi connectivity index (χ0n) is 13.8. The van der Waals surface area contributed by atoms with Crippen molar-refractivity contribution < 1.29 is 0 Å². The Morgan fingerprint density at radius 2 is 1.67 bits per heavy atom. The molecule has 1 rings (SSSR count). The summed E-state index contributed by atoms with van der Waals surface area (Å²) >= 11 is 0. The summed E-state index contributed by atoms with van der Waals surface area (Å²) in [5, 5.41) is 6.65. The van der Waals surface area contributed by atoms with Gasteiger partial charge in [-0.3, -0.25) is 0 Å². The lowest BCUT2D eigenvalue weighted by molar-refractivity contribution is 0.808. The Morgan fingerprint density at radius 1 is 1.05 bits per heavy atom. The van der Waals surface area contributed by atoms with Gasteiger partial charge < -0.3 is 10.6 Å². The highest BCUT2D eigenvalue weighted by Gasteiger charge is 2.09. The first-order chi connectivity index (χ1) is 10.0. The average molecular weight is 284 g/mol. The Labute approximate surface area is 129 Å². The molecule has 0 bridgehead atoms. The van der Waals surface area contributed by atoms with Gasteiger partial charge in [0.05, 0.1) is 0 Å². The van der Waals surface area contributed by atoms with Gasteiger partial charge in [-0.15, -0.1) is 0 Å². The normalized spacial score (nSPS) is 11.6. The van der Waals surface area contributed by atoms with Crippen LogP contribution in [0.3, 0.4) is 0 Å². The molecular weight excluding hydrogens is 256 g/mol. The molecule has 0 aromatic heterocycles. The third-order valence-electron chi connectivity index (χ3n) is 3.73. The molecule has 2 heteroatoms. The van der Waals surface area contributed by atoms with Crippen LogP contribution in [0.4, 0.5) is 0 Å². The number of hydrogen-bond acceptors (Lipinski definition) is 2. The van der Waals surface area contributed by atoms with Gasteiger partial charge in [0, 0.05) is 25.0 Å². The van der Waals surface area contributed by atoms with E-state index in [9.17, 15) is 0 Å². The maximum atomic E-state index is 4.21. The van der Waals surface area contributed by atoms with E-state index in [-0.39, 0.29) is 0 Å². The van der Waals surface area contributed by atoms with Gasteiger partial charge >= 0.3 is 0 Å². The SMILES string of the molecule is C=C(NCc1ccc(C)cc1)C(=C)/C(CC)=C(/CC)NC. The lowest BCUT2D eigenvalue weighted by Gasteiger charge is -2.18. The van der Waals surface area contributed by atoms with E-state index >= 15 is 0 Å². The van der Waals surface area contributed by atoms with Crippen LogP contribution in [0.25, 0.3) is 0 Å². The fourth-order valence-electron chi connectivity index (χ4n) is 2.35. The van der Waals surface area contributed by atoms with E-state index in [4.69, 9.17) is 0 Å². The Kier molecular flexibility index (Phi) is 6.80. The average Bonchev–Trinajstić information content (AvgIpc) is 2.51. The molecule has 0 spiro atoms. The summed E-state index contributed by atoms with van der Waals surface area (Å²) in [7, 11) is 1.96. The molecular formula is C19H28N2. The van der Waals surface area contributed by atoms with Crippen molar-refractivity contribution in [2.75, 3.05) is 7.05 Å². The second-order valence-electron chi connectivity index (χ2n) is 5.21. The Hall–Kier alpha value is -1.96. The summed E-state index contributed by atoms with van der Waals surface area (Å²) in [6, 6.07) is 8.53. The highest BCUT2D eigenvalue weighted by Crippen LogP contribution is 2.22. The predicted octanol–water partition coefficient (Wildman–Crippen LogP) is 4.45. The van der Waals surface area contributed by atoms with E-state index in [2.05, 4.69) is 68.8 Å². The molecule has 1 aromatic carbocycles.